The van der Waals surface area contributed by atoms with E-state index < -0.39 is 23.7 Å². The molecule has 8 nitrogen and oxygen atoms in total. The Morgan fingerprint density at radius 1 is 1.11 bits per heavy atom. The van der Waals surface area contributed by atoms with Gasteiger partial charge >= 0.3 is 11.9 Å². The Hall–Kier alpha value is -3.73. The van der Waals surface area contributed by atoms with E-state index in [4.69, 9.17) is 16.3 Å². The predicted octanol–water partition coefficient (Wildman–Crippen LogP) is 5.34. The highest BCUT2D eigenvalue weighted by molar-refractivity contribution is 7.22. The molecule has 0 bridgehead atoms. The highest BCUT2D eigenvalue weighted by atomic mass is 35.5. The third kappa shape index (κ3) is 3.85. The Kier molecular flexibility index (Phi) is 5.79. The van der Waals surface area contributed by atoms with Crippen LogP contribution in [0.4, 0.5) is 5.13 Å². The molecule has 0 aliphatic carbocycles. The summed E-state index contributed by atoms with van der Waals surface area (Å²) in [6.45, 7) is 0. The van der Waals surface area contributed by atoms with Crippen molar-refractivity contribution < 1.29 is 29.3 Å². The number of carboxylic acid groups (broad SMARTS) is 1. The normalized spacial score (nSPS) is 17.3. The van der Waals surface area contributed by atoms with Crippen LogP contribution in [0.3, 0.4) is 0 Å². The number of rotatable bonds is 5. The largest absolute Gasteiger partial charge is 0.507 e. The van der Waals surface area contributed by atoms with Gasteiger partial charge in [0.2, 0.25) is 0 Å². The quantitative estimate of drug-likeness (QED) is 0.205. The molecule has 1 amide bonds. The Labute approximate surface area is 211 Å². The number of ketones is 1. The second kappa shape index (κ2) is 8.81. The number of nitrogens with zero attached hydrogens (tertiary/aromatic N) is 2. The van der Waals surface area contributed by atoms with Crippen LogP contribution in [0, 0.1) is 0 Å². The molecule has 1 saturated heterocycles. The monoisotopic (exact) mass is 526 g/mol. The number of hydrogen-bond donors (Lipinski definition) is 2. The van der Waals surface area contributed by atoms with E-state index in [1.807, 2.05) is 0 Å². The molecule has 0 spiro atoms. The van der Waals surface area contributed by atoms with Gasteiger partial charge in [-0.15, -0.1) is 11.3 Å². The maximum Gasteiger partial charge on any atom is 0.335 e. The first kappa shape index (κ1) is 23.0. The van der Waals surface area contributed by atoms with Gasteiger partial charge in [0.15, 0.2) is 5.13 Å². The number of methoxy groups -OCH3 is 1. The number of amides is 1. The van der Waals surface area contributed by atoms with Gasteiger partial charge in [0.25, 0.3) is 5.78 Å². The van der Waals surface area contributed by atoms with Crippen LogP contribution in [0.1, 0.15) is 26.8 Å². The minimum atomic E-state index is -1.08. The molecule has 1 fully saturated rings. The summed E-state index contributed by atoms with van der Waals surface area (Å²) in [5, 5.41) is 22.8. The lowest BCUT2D eigenvalue weighted by atomic mass is 10.00. The average Bonchev–Trinajstić information content (AvgIpc) is 3.57. The van der Waals surface area contributed by atoms with E-state index in [0.717, 1.165) is 11.3 Å². The van der Waals surface area contributed by atoms with Gasteiger partial charge in [-0.05, 0) is 47.8 Å². The number of carbonyl (C=O) groups is 3. The first-order valence-electron chi connectivity index (χ1n) is 10.1. The van der Waals surface area contributed by atoms with Crippen molar-refractivity contribution >= 4 is 73.0 Å². The highest BCUT2D eigenvalue weighted by Crippen LogP contribution is 2.45. The number of thiophene rings is 1. The van der Waals surface area contributed by atoms with Gasteiger partial charge in [0.1, 0.15) is 17.6 Å². The van der Waals surface area contributed by atoms with Crippen LogP contribution in [0.5, 0.6) is 5.75 Å². The summed E-state index contributed by atoms with van der Waals surface area (Å²) in [6.07, 6.45) is 0. The number of fused-ring (bicyclic) bond motifs is 1. The molecule has 11 heteroatoms. The van der Waals surface area contributed by atoms with Gasteiger partial charge in [-0.1, -0.05) is 29.0 Å². The minimum Gasteiger partial charge on any atom is -0.507 e. The van der Waals surface area contributed by atoms with E-state index in [2.05, 4.69) is 4.98 Å². The van der Waals surface area contributed by atoms with Crippen molar-refractivity contribution in [3.63, 3.8) is 0 Å². The first-order valence-corrected chi connectivity index (χ1v) is 12.2. The van der Waals surface area contributed by atoms with Crippen molar-refractivity contribution in [1.82, 2.24) is 4.98 Å². The number of benzene rings is 2. The number of aromatic nitrogens is 1. The fourth-order valence-electron chi connectivity index (χ4n) is 3.86. The molecule has 176 valence electrons. The Balaban J connectivity index is 1.69. The summed E-state index contributed by atoms with van der Waals surface area (Å²) in [4.78, 5) is 44.2. The molecule has 1 atom stereocenters. The fourth-order valence-corrected chi connectivity index (χ4v) is 5.91. The second-order valence-corrected chi connectivity index (χ2v) is 9.91. The van der Waals surface area contributed by atoms with Crippen molar-refractivity contribution in [3.8, 4) is 5.75 Å². The molecule has 35 heavy (non-hydrogen) atoms. The summed E-state index contributed by atoms with van der Waals surface area (Å²) in [7, 11) is 1.43. The number of halogens is 1. The summed E-state index contributed by atoms with van der Waals surface area (Å²) in [6, 6.07) is 11.6. The van der Waals surface area contributed by atoms with E-state index in [1.54, 1.807) is 23.6 Å². The highest BCUT2D eigenvalue weighted by Gasteiger charge is 2.48. The van der Waals surface area contributed by atoms with Crippen LogP contribution < -0.4 is 9.64 Å². The van der Waals surface area contributed by atoms with Crippen molar-refractivity contribution in [2.45, 2.75) is 6.04 Å². The Morgan fingerprint density at radius 2 is 1.89 bits per heavy atom. The van der Waals surface area contributed by atoms with Crippen LogP contribution >= 0.6 is 34.3 Å². The molecule has 5 rings (SSSR count). The number of aliphatic hydroxyl groups excluding tert-OH is 1. The van der Waals surface area contributed by atoms with Crippen molar-refractivity contribution in [2.24, 2.45) is 0 Å². The van der Waals surface area contributed by atoms with Crippen molar-refractivity contribution in [3.05, 3.63) is 80.5 Å². The third-order valence-electron chi connectivity index (χ3n) is 5.51. The van der Waals surface area contributed by atoms with Gasteiger partial charge in [-0.2, -0.15) is 0 Å². The topological polar surface area (TPSA) is 117 Å². The molecule has 1 unspecified atom stereocenters. The Bertz CT molecular complexity index is 1540. The zero-order valence-corrected chi connectivity index (χ0v) is 20.3. The first-order chi connectivity index (χ1) is 16.8. The lowest BCUT2D eigenvalue weighted by molar-refractivity contribution is -0.132. The Morgan fingerprint density at radius 3 is 2.57 bits per heavy atom. The number of aromatic carboxylic acids is 1. The number of hydrogen-bond acceptors (Lipinski definition) is 8. The molecule has 4 aromatic rings. The maximum atomic E-state index is 13.2. The average molecular weight is 527 g/mol. The number of thiazole rings is 1. The van der Waals surface area contributed by atoms with Gasteiger partial charge in [-0.25, -0.2) is 9.78 Å². The smallest absolute Gasteiger partial charge is 0.335 e. The van der Waals surface area contributed by atoms with Crippen molar-refractivity contribution in [1.29, 1.82) is 0 Å². The summed E-state index contributed by atoms with van der Waals surface area (Å²) in [5.74, 6) is -2.85. The standard InChI is InChI=1S/C24H15ClN2O6S2/c1-33-15-9-11(4-6-13(15)25)20(28)18-19(16-3-2-8-34-16)27(22(30)21(18)29)24-26-14-7-5-12(23(31)32)10-17(14)35-24/h2-10,19,28H,1H3,(H,31,32)/b20-18+. The zero-order valence-electron chi connectivity index (χ0n) is 17.9. The van der Waals surface area contributed by atoms with Crippen LogP contribution in [-0.4, -0.2) is 40.0 Å². The molecule has 2 aromatic heterocycles. The van der Waals surface area contributed by atoms with Crippen molar-refractivity contribution in [2.75, 3.05) is 12.0 Å². The summed E-state index contributed by atoms with van der Waals surface area (Å²) >= 11 is 8.52. The van der Waals surface area contributed by atoms with Gasteiger partial charge in [0.05, 0.1) is 33.5 Å². The summed E-state index contributed by atoms with van der Waals surface area (Å²) in [5.41, 5.74) is 0.749. The lowest BCUT2D eigenvalue weighted by Crippen LogP contribution is -2.28. The van der Waals surface area contributed by atoms with Crippen LogP contribution in [0.25, 0.3) is 16.0 Å². The minimum absolute atomic E-state index is 0.0845. The SMILES string of the molecule is COc1cc(/C(O)=C2\C(=O)C(=O)N(c3nc4ccc(C(=O)O)cc4s3)C2c2cccs2)ccc1Cl. The number of carbonyl (C=O) groups excluding carboxylic acids is 2. The molecule has 3 heterocycles. The number of carboxylic acids is 1. The molecular formula is C24H15ClN2O6S2. The lowest BCUT2D eigenvalue weighted by Gasteiger charge is -2.21. The van der Waals surface area contributed by atoms with E-state index in [-0.39, 0.29) is 27.6 Å². The van der Waals surface area contributed by atoms with E-state index in [1.165, 1.54) is 53.7 Å². The third-order valence-corrected chi connectivity index (χ3v) is 7.77. The molecule has 0 radical (unpaired) electrons. The molecule has 1 aliphatic heterocycles. The number of ether oxygens (including phenoxy) is 1. The molecular weight excluding hydrogens is 512 g/mol. The number of anilines is 1. The van der Waals surface area contributed by atoms with Crippen LogP contribution in [0.15, 0.2) is 59.5 Å². The fraction of sp³-hybridized carbons (Fsp3) is 0.0833. The maximum absolute atomic E-state index is 13.2. The molecule has 0 saturated carbocycles. The molecule has 1 aliphatic rings. The van der Waals surface area contributed by atoms with Gasteiger partial charge in [-0.3, -0.25) is 14.5 Å². The number of Topliss-reactive ketones (excluding diaryl/α,β-unsaturated/α-hetero) is 1. The van der Waals surface area contributed by atoms with Gasteiger partial charge < -0.3 is 14.9 Å². The van der Waals surface area contributed by atoms with Gasteiger partial charge in [0, 0.05) is 10.4 Å². The molecule has 2 N–H and O–H groups in total. The number of aliphatic hydroxyl groups is 1. The van der Waals surface area contributed by atoms with E-state index >= 15 is 0 Å². The predicted molar refractivity (Wildman–Crippen MR) is 134 cm³/mol. The summed E-state index contributed by atoms with van der Waals surface area (Å²) < 4.78 is 5.77. The van der Waals surface area contributed by atoms with E-state index in [0.29, 0.717) is 25.9 Å². The van der Waals surface area contributed by atoms with Crippen LogP contribution in [0.2, 0.25) is 5.02 Å². The second-order valence-electron chi connectivity index (χ2n) is 7.52. The van der Waals surface area contributed by atoms with E-state index in [9.17, 15) is 24.6 Å². The molecule has 2 aromatic carbocycles. The van der Waals surface area contributed by atoms with Crippen LogP contribution in [-0.2, 0) is 9.59 Å². The zero-order chi connectivity index (χ0) is 24.9.